The van der Waals surface area contributed by atoms with Crippen molar-refractivity contribution in [2.24, 2.45) is 0 Å². The van der Waals surface area contributed by atoms with Gasteiger partial charge in [0.05, 0.1) is 43.1 Å². The second-order valence-corrected chi connectivity index (χ2v) is 7.44. The molecule has 0 aliphatic carbocycles. The van der Waals surface area contributed by atoms with E-state index in [0.29, 0.717) is 12.5 Å². The van der Waals surface area contributed by atoms with Crippen molar-refractivity contribution in [3.63, 3.8) is 0 Å². The number of aromatic nitrogens is 1. The summed E-state index contributed by atoms with van der Waals surface area (Å²) in [6.07, 6.45) is 1.35. The van der Waals surface area contributed by atoms with Crippen LogP contribution in [-0.2, 0) is 6.61 Å². The minimum atomic E-state index is -1.48. The number of anilines is 1. The number of carboxylic acid groups (broad SMARTS) is 1. The van der Waals surface area contributed by atoms with E-state index in [1.807, 2.05) is 30.3 Å². The number of carboxylic acids is 1. The third-order valence-corrected chi connectivity index (χ3v) is 5.73. The molecular weight excluding hydrogens is 474 g/mol. The molecule has 0 fully saturated rings. The first-order valence-electron chi connectivity index (χ1n) is 8.33. The lowest BCUT2D eigenvalue weighted by Crippen LogP contribution is -2.18. The van der Waals surface area contributed by atoms with Crippen LogP contribution in [0.25, 0.3) is 0 Å². The molecule has 154 valence electrons. The molecule has 30 heavy (non-hydrogen) atoms. The molecule has 0 bridgehead atoms. The lowest BCUT2D eigenvalue weighted by Gasteiger charge is -2.14. The predicted molar refractivity (Wildman–Crippen MR) is 116 cm³/mol. The zero-order valence-electron chi connectivity index (χ0n) is 15.0. The quantitative estimate of drug-likeness (QED) is 0.319. The van der Waals surface area contributed by atoms with E-state index in [1.165, 1.54) is 6.20 Å². The number of amides is 1. The summed E-state index contributed by atoms with van der Waals surface area (Å²) < 4.78 is 5.58. The fraction of sp³-hybridized carbons (Fsp3) is 0.0500. The van der Waals surface area contributed by atoms with Crippen LogP contribution in [0.2, 0.25) is 20.1 Å². The number of benzene rings is 2. The highest BCUT2D eigenvalue weighted by molar-refractivity contribution is 6.54. The van der Waals surface area contributed by atoms with Crippen LogP contribution < -0.4 is 10.1 Å². The van der Waals surface area contributed by atoms with Gasteiger partial charge in [-0.2, -0.15) is 0 Å². The molecule has 0 saturated heterocycles. The van der Waals surface area contributed by atoms with Crippen molar-refractivity contribution < 1.29 is 19.4 Å². The van der Waals surface area contributed by atoms with Crippen molar-refractivity contribution in [3.8, 4) is 5.88 Å². The van der Waals surface area contributed by atoms with Gasteiger partial charge in [-0.25, -0.2) is 9.78 Å². The number of carbonyl (C=O) groups is 2. The van der Waals surface area contributed by atoms with Gasteiger partial charge in [0.25, 0.3) is 5.91 Å². The third kappa shape index (κ3) is 4.79. The van der Waals surface area contributed by atoms with Crippen LogP contribution in [-0.4, -0.2) is 22.0 Å². The van der Waals surface area contributed by atoms with Gasteiger partial charge >= 0.3 is 5.97 Å². The average Bonchev–Trinajstić information content (AvgIpc) is 2.74. The van der Waals surface area contributed by atoms with Gasteiger partial charge in [-0.3, -0.25) is 4.79 Å². The number of hydrogen-bond acceptors (Lipinski definition) is 4. The Bertz CT molecular complexity index is 1110. The Hall–Kier alpha value is -2.51. The highest BCUT2D eigenvalue weighted by atomic mass is 35.5. The van der Waals surface area contributed by atoms with Gasteiger partial charge in [-0.05, 0) is 11.6 Å². The zero-order chi connectivity index (χ0) is 21.8. The van der Waals surface area contributed by atoms with E-state index in [0.717, 1.165) is 5.56 Å². The molecule has 6 nitrogen and oxygen atoms in total. The molecule has 0 spiro atoms. The molecule has 3 rings (SSSR count). The van der Waals surface area contributed by atoms with Crippen molar-refractivity contribution >= 4 is 64.0 Å². The van der Waals surface area contributed by atoms with Gasteiger partial charge in [0.2, 0.25) is 5.88 Å². The fourth-order valence-corrected chi connectivity index (χ4v) is 3.53. The van der Waals surface area contributed by atoms with E-state index >= 15 is 0 Å². The second-order valence-electron chi connectivity index (χ2n) is 5.92. The maximum atomic E-state index is 12.7. The molecule has 0 aliphatic heterocycles. The molecule has 2 N–H and O–H groups in total. The summed E-state index contributed by atoms with van der Waals surface area (Å²) in [6.45, 7) is 0.332. The summed E-state index contributed by atoms with van der Waals surface area (Å²) in [5, 5.41) is 10.8. The monoisotopic (exact) mass is 484 g/mol. The summed E-state index contributed by atoms with van der Waals surface area (Å²) in [6, 6.07) is 12.6. The Kier molecular flexibility index (Phi) is 7.05. The van der Waals surface area contributed by atoms with Gasteiger partial charge in [0.1, 0.15) is 6.61 Å². The first kappa shape index (κ1) is 22.2. The lowest BCUT2D eigenvalue weighted by molar-refractivity contribution is 0.0692. The molecule has 0 aliphatic rings. The summed E-state index contributed by atoms with van der Waals surface area (Å²) in [7, 11) is 0. The van der Waals surface area contributed by atoms with Gasteiger partial charge < -0.3 is 15.2 Å². The summed E-state index contributed by atoms with van der Waals surface area (Å²) >= 11 is 23.9. The van der Waals surface area contributed by atoms with Crippen molar-refractivity contribution in [2.45, 2.75) is 6.61 Å². The average molecular weight is 486 g/mol. The number of rotatable bonds is 6. The minimum Gasteiger partial charge on any atom is -0.478 e. The zero-order valence-corrected chi connectivity index (χ0v) is 18.0. The number of aromatic carboxylic acids is 1. The molecular formula is C20H12Cl4N2O4. The first-order chi connectivity index (χ1) is 14.3. The van der Waals surface area contributed by atoms with Crippen LogP contribution >= 0.6 is 46.4 Å². The SMILES string of the molecule is O=C(O)c1c(Cl)c(Cl)c(Cl)c(Cl)c1C(=O)Nc1ccc(OCc2ccccc2)nc1. The number of nitrogens with one attached hydrogen (secondary N) is 1. The Morgan fingerprint density at radius 1 is 0.900 bits per heavy atom. The maximum Gasteiger partial charge on any atom is 0.338 e. The molecule has 2 aromatic carbocycles. The Morgan fingerprint density at radius 2 is 1.53 bits per heavy atom. The molecule has 1 heterocycles. The number of carbonyl (C=O) groups excluding carboxylic acids is 1. The van der Waals surface area contributed by atoms with E-state index in [4.69, 9.17) is 51.1 Å². The topological polar surface area (TPSA) is 88.5 Å². The molecule has 0 unspecified atom stereocenters. The van der Waals surface area contributed by atoms with Crippen LogP contribution in [0, 0.1) is 0 Å². The Morgan fingerprint density at radius 3 is 2.10 bits per heavy atom. The van der Waals surface area contributed by atoms with E-state index in [2.05, 4.69) is 10.3 Å². The van der Waals surface area contributed by atoms with Gasteiger partial charge in [0.15, 0.2) is 0 Å². The van der Waals surface area contributed by atoms with E-state index < -0.39 is 23.0 Å². The van der Waals surface area contributed by atoms with Crippen LogP contribution in [0.15, 0.2) is 48.7 Å². The molecule has 3 aromatic rings. The number of halogens is 4. The first-order valence-corrected chi connectivity index (χ1v) is 9.84. The summed E-state index contributed by atoms with van der Waals surface area (Å²) in [4.78, 5) is 28.4. The number of hydrogen-bond donors (Lipinski definition) is 2. The van der Waals surface area contributed by atoms with Crippen molar-refractivity contribution in [1.29, 1.82) is 0 Å². The standard InChI is InChI=1S/C20H12Cl4N2O4/c21-15-13(14(20(28)29)16(22)18(24)17(15)23)19(27)26-11-6-7-12(25-8-11)30-9-10-4-2-1-3-5-10/h1-8H,9H2,(H,26,27)(H,28,29). The second kappa shape index (κ2) is 9.53. The maximum absolute atomic E-state index is 12.7. The van der Waals surface area contributed by atoms with Gasteiger partial charge in [-0.15, -0.1) is 0 Å². The molecule has 1 amide bonds. The normalized spacial score (nSPS) is 10.5. The highest BCUT2D eigenvalue weighted by Crippen LogP contribution is 2.41. The lowest BCUT2D eigenvalue weighted by atomic mass is 10.1. The number of pyridine rings is 1. The third-order valence-electron chi connectivity index (χ3n) is 3.93. The molecule has 0 saturated carbocycles. The largest absolute Gasteiger partial charge is 0.478 e. The Labute approximate surface area is 191 Å². The van der Waals surface area contributed by atoms with Gasteiger partial charge in [0, 0.05) is 6.07 Å². The van der Waals surface area contributed by atoms with Crippen molar-refractivity contribution in [1.82, 2.24) is 4.98 Å². The smallest absolute Gasteiger partial charge is 0.338 e. The van der Waals surface area contributed by atoms with Crippen molar-refractivity contribution in [3.05, 3.63) is 85.4 Å². The summed E-state index contributed by atoms with van der Waals surface area (Å²) in [5.41, 5.74) is 0.294. The van der Waals surface area contributed by atoms with Gasteiger partial charge in [-0.1, -0.05) is 76.7 Å². The van der Waals surface area contributed by atoms with Crippen LogP contribution in [0.3, 0.4) is 0 Å². The van der Waals surface area contributed by atoms with E-state index in [-0.39, 0.29) is 25.8 Å². The fourth-order valence-electron chi connectivity index (χ4n) is 2.51. The minimum absolute atomic E-state index is 0.221. The van der Waals surface area contributed by atoms with Crippen LogP contribution in [0.1, 0.15) is 26.3 Å². The predicted octanol–water partition coefficient (Wildman–Crippen LogP) is 6.22. The van der Waals surface area contributed by atoms with Crippen LogP contribution in [0.5, 0.6) is 5.88 Å². The van der Waals surface area contributed by atoms with E-state index in [9.17, 15) is 14.7 Å². The highest BCUT2D eigenvalue weighted by Gasteiger charge is 2.28. The molecule has 0 radical (unpaired) electrons. The van der Waals surface area contributed by atoms with Crippen molar-refractivity contribution in [2.75, 3.05) is 5.32 Å². The Balaban J connectivity index is 1.79. The molecule has 1 aromatic heterocycles. The number of nitrogens with zero attached hydrogens (tertiary/aromatic N) is 1. The van der Waals surface area contributed by atoms with E-state index in [1.54, 1.807) is 12.1 Å². The molecule has 10 heteroatoms. The number of ether oxygens (including phenoxy) is 1. The summed E-state index contributed by atoms with van der Waals surface area (Å²) in [5.74, 6) is -1.97. The molecule has 0 atom stereocenters. The van der Waals surface area contributed by atoms with Crippen LogP contribution in [0.4, 0.5) is 5.69 Å².